The molecular weight excluding hydrogens is 356 g/mol. The molecule has 1 aliphatic rings. The third-order valence-corrected chi connectivity index (χ3v) is 4.00. The molecule has 0 atom stereocenters. The van der Waals surface area contributed by atoms with Crippen molar-refractivity contribution in [3.8, 4) is 11.5 Å². The third-order valence-electron chi connectivity index (χ3n) is 3.78. The van der Waals surface area contributed by atoms with Crippen LogP contribution in [0, 0.1) is 5.92 Å². The van der Waals surface area contributed by atoms with Gasteiger partial charge in [-0.05, 0) is 42.3 Å². The lowest BCUT2D eigenvalue weighted by Crippen LogP contribution is -2.14. The Kier molecular flexibility index (Phi) is 6.01. The lowest BCUT2D eigenvalue weighted by molar-refractivity contribution is -0.0180. The summed E-state index contributed by atoms with van der Waals surface area (Å²) >= 11 is 6.12. The van der Waals surface area contributed by atoms with Gasteiger partial charge in [-0.25, -0.2) is 4.79 Å². The van der Waals surface area contributed by atoms with E-state index >= 15 is 0 Å². The number of rotatable bonds is 6. The van der Waals surface area contributed by atoms with Gasteiger partial charge in [0.1, 0.15) is 18.1 Å². The molecule has 2 aromatic carbocycles. The molecule has 0 N–H and O–H groups in total. The Hall–Kier alpha value is -2.24. The Morgan fingerprint density at radius 2 is 2.00 bits per heavy atom. The van der Waals surface area contributed by atoms with Crippen LogP contribution in [0.2, 0.25) is 5.02 Å². The average molecular weight is 377 g/mol. The smallest absolute Gasteiger partial charge is 0.338 e. The summed E-state index contributed by atoms with van der Waals surface area (Å²) in [5.74, 6) is 1.43. The van der Waals surface area contributed by atoms with E-state index in [9.17, 15) is 4.79 Å². The van der Waals surface area contributed by atoms with Crippen LogP contribution in [0.3, 0.4) is 0 Å². The number of carbonyl (C=O) groups excluding carboxylic acids is 1. The van der Waals surface area contributed by atoms with E-state index in [0.29, 0.717) is 35.5 Å². The third kappa shape index (κ3) is 4.68. The van der Waals surface area contributed by atoms with Crippen LogP contribution in [0.1, 0.15) is 35.3 Å². The van der Waals surface area contributed by atoms with Crippen LogP contribution in [-0.2, 0) is 22.7 Å². The van der Waals surface area contributed by atoms with Crippen LogP contribution < -0.4 is 9.47 Å². The van der Waals surface area contributed by atoms with E-state index in [1.54, 1.807) is 36.4 Å². The van der Waals surface area contributed by atoms with Crippen LogP contribution in [0.25, 0.3) is 0 Å². The number of halogens is 1. The van der Waals surface area contributed by atoms with Crippen molar-refractivity contribution in [2.75, 3.05) is 13.4 Å². The second-order valence-corrected chi connectivity index (χ2v) is 6.91. The SMILES string of the molecule is CC(C)COc1ccc(C(=O)OCc2cc(Cl)cc3c2OCOC3)cc1. The molecule has 0 radical (unpaired) electrons. The molecule has 0 amide bonds. The average Bonchev–Trinajstić information content (AvgIpc) is 2.64. The summed E-state index contributed by atoms with van der Waals surface area (Å²) in [5, 5.41) is 0.551. The Morgan fingerprint density at radius 3 is 2.73 bits per heavy atom. The van der Waals surface area contributed by atoms with Gasteiger partial charge in [-0.3, -0.25) is 0 Å². The van der Waals surface area contributed by atoms with Crippen molar-refractivity contribution in [2.45, 2.75) is 27.1 Å². The summed E-state index contributed by atoms with van der Waals surface area (Å²) < 4.78 is 21.8. The number of fused-ring (bicyclic) bond motifs is 1. The van der Waals surface area contributed by atoms with Gasteiger partial charge in [-0.15, -0.1) is 0 Å². The molecule has 1 heterocycles. The normalized spacial score (nSPS) is 13.1. The zero-order chi connectivity index (χ0) is 18.5. The minimum Gasteiger partial charge on any atom is -0.493 e. The fourth-order valence-electron chi connectivity index (χ4n) is 2.54. The number of carbonyl (C=O) groups is 1. The Balaban J connectivity index is 1.63. The molecule has 0 fully saturated rings. The van der Waals surface area contributed by atoms with E-state index < -0.39 is 5.97 Å². The highest BCUT2D eigenvalue weighted by molar-refractivity contribution is 6.30. The zero-order valence-corrected chi connectivity index (χ0v) is 15.5. The van der Waals surface area contributed by atoms with Crippen molar-refractivity contribution < 1.29 is 23.7 Å². The maximum Gasteiger partial charge on any atom is 0.338 e. The van der Waals surface area contributed by atoms with Crippen molar-refractivity contribution in [1.82, 2.24) is 0 Å². The van der Waals surface area contributed by atoms with Crippen LogP contribution >= 0.6 is 11.6 Å². The molecule has 26 heavy (non-hydrogen) atoms. The second kappa shape index (κ2) is 8.43. The summed E-state index contributed by atoms with van der Waals surface area (Å²) in [6, 6.07) is 10.4. The molecule has 138 valence electrons. The van der Waals surface area contributed by atoms with Gasteiger partial charge in [0, 0.05) is 16.1 Å². The van der Waals surface area contributed by atoms with E-state index in [4.69, 9.17) is 30.5 Å². The monoisotopic (exact) mass is 376 g/mol. The molecule has 5 nitrogen and oxygen atoms in total. The molecule has 2 aromatic rings. The molecule has 6 heteroatoms. The van der Waals surface area contributed by atoms with Gasteiger partial charge >= 0.3 is 5.97 Å². The van der Waals surface area contributed by atoms with Gasteiger partial charge < -0.3 is 18.9 Å². The number of hydrogen-bond acceptors (Lipinski definition) is 5. The van der Waals surface area contributed by atoms with Crippen molar-refractivity contribution in [3.05, 3.63) is 58.1 Å². The fraction of sp³-hybridized carbons (Fsp3) is 0.350. The second-order valence-electron chi connectivity index (χ2n) is 6.47. The van der Waals surface area contributed by atoms with E-state index in [1.807, 2.05) is 0 Å². The topological polar surface area (TPSA) is 54.0 Å². The highest BCUT2D eigenvalue weighted by Gasteiger charge is 2.18. The molecular formula is C20H21ClO5. The molecule has 0 saturated carbocycles. The van der Waals surface area contributed by atoms with Crippen molar-refractivity contribution in [2.24, 2.45) is 5.92 Å². The van der Waals surface area contributed by atoms with Gasteiger partial charge in [0.25, 0.3) is 0 Å². The summed E-state index contributed by atoms with van der Waals surface area (Å²) in [5.41, 5.74) is 2.03. The summed E-state index contributed by atoms with van der Waals surface area (Å²) in [6.45, 7) is 5.47. The van der Waals surface area contributed by atoms with E-state index in [-0.39, 0.29) is 13.4 Å². The minimum atomic E-state index is -0.416. The highest BCUT2D eigenvalue weighted by Crippen LogP contribution is 2.32. The van der Waals surface area contributed by atoms with Crippen molar-refractivity contribution >= 4 is 17.6 Å². The van der Waals surface area contributed by atoms with Gasteiger partial charge in [0.2, 0.25) is 0 Å². The Labute approximate surface area is 157 Å². The van der Waals surface area contributed by atoms with Crippen molar-refractivity contribution in [3.63, 3.8) is 0 Å². The van der Waals surface area contributed by atoms with Crippen LogP contribution in [-0.4, -0.2) is 19.4 Å². The maximum atomic E-state index is 12.3. The minimum absolute atomic E-state index is 0.0767. The predicted molar refractivity (Wildman–Crippen MR) is 97.6 cm³/mol. The van der Waals surface area contributed by atoms with Gasteiger partial charge in [0.15, 0.2) is 6.79 Å². The van der Waals surface area contributed by atoms with Crippen molar-refractivity contribution in [1.29, 1.82) is 0 Å². The number of ether oxygens (including phenoxy) is 4. The van der Waals surface area contributed by atoms with Crippen LogP contribution in [0.4, 0.5) is 0 Å². The summed E-state index contributed by atoms with van der Waals surface area (Å²) in [7, 11) is 0. The Morgan fingerprint density at radius 1 is 1.23 bits per heavy atom. The first-order chi connectivity index (χ1) is 12.5. The van der Waals surface area contributed by atoms with Crippen LogP contribution in [0.5, 0.6) is 11.5 Å². The first-order valence-electron chi connectivity index (χ1n) is 8.44. The predicted octanol–water partition coefficient (Wildman–Crippen LogP) is 4.60. The van der Waals surface area contributed by atoms with E-state index in [2.05, 4.69) is 13.8 Å². The molecule has 0 spiro atoms. The molecule has 0 unspecified atom stereocenters. The first-order valence-corrected chi connectivity index (χ1v) is 8.82. The Bertz CT molecular complexity index is 771. The van der Waals surface area contributed by atoms with Gasteiger partial charge in [-0.1, -0.05) is 25.4 Å². The standard InChI is InChI=1S/C20H21ClO5/c1-13(2)9-24-18-5-3-14(4-6-18)20(22)25-11-16-8-17(21)7-15-10-23-12-26-19(15)16/h3-8,13H,9-12H2,1-2H3. The maximum absolute atomic E-state index is 12.3. The van der Waals surface area contributed by atoms with Gasteiger partial charge in [-0.2, -0.15) is 0 Å². The molecule has 1 aliphatic heterocycles. The lowest BCUT2D eigenvalue weighted by atomic mass is 10.1. The highest BCUT2D eigenvalue weighted by atomic mass is 35.5. The quantitative estimate of drug-likeness (QED) is 0.690. The van der Waals surface area contributed by atoms with Gasteiger partial charge in [0.05, 0.1) is 18.8 Å². The first kappa shape index (κ1) is 18.5. The van der Waals surface area contributed by atoms with E-state index in [1.165, 1.54) is 0 Å². The fourth-order valence-corrected chi connectivity index (χ4v) is 2.80. The zero-order valence-electron chi connectivity index (χ0n) is 14.8. The molecule has 0 aromatic heterocycles. The molecule has 0 bridgehead atoms. The number of hydrogen-bond donors (Lipinski definition) is 0. The molecule has 0 aliphatic carbocycles. The molecule has 0 saturated heterocycles. The lowest BCUT2D eigenvalue weighted by Gasteiger charge is -2.21. The summed E-state index contributed by atoms with van der Waals surface area (Å²) in [4.78, 5) is 12.3. The molecule has 3 rings (SSSR count). The number of benzene rings is 2. The van der Waals surface area contributed by atoms with E-state index in [0.717, 1.165) is 16.9 Å². The largest absolute Gasteiger partial charge is 0.493 e. The summed E-state index contributed by atoms with van der Waals surface area (Å²) in [6.07, 6.45) is 0. The number of esters is 1. The van der Waals surface area contributed by atoms with Crippen LogP contribution in [0.15, 0.2) is 36.4 Å².